The van der Waals surface area contributed by atoms with E-state index in [1.54, 1.807) is 36.4 Å². The van der Waals surface area contributed by atoms with Crippen LogP contribution in [0.4, 0.5) is 11.4 Å². The van der Waals surface area contributed by atoms with Gasteiger partial charge in [-0.25, -0.2) is 8.42 Å². The average Bonchev–Trinajstić information content (AvgIpc) is 2.83. The zero-order valence-corrected chi connectivity index (χ0v) is 17.2. The number of carbonyl (C=O) groups is 1. The van der Waals surface area contributed by atoms with Gasteiger partial charge in [-0.1, -0.05) is 17.7 Å². The van der Waals surface area contributed by atoms with Crippen LogP contribution >= 0.6 is 11.6 Å². The first-order valence-corrected chi connectivity index (χ1v) is 10.6. The second-order valence-electron chi connectivity index (χ2n) is 6.66. The number of nitrogens with zero attached hydrogens (tertiary/aromatic N) is 1. The predicted molar refractivity (Wildman–Crippen MR) is 113 cm³/mol. The van der Waals surface area contributed by atoms with Gasteiger partial charge in [-0.3, -0.25) is 9.10 Å². The Bertz CT molecular complexity index is 1220. The molecule has 1 heterocycles. The van der Waals surface area contributed by atoms with E-state index in [1.165, 1.54) is 25.2 Å². The highest BCUT2D eigenvalue weighted by Gasteiger charge is 2.27. The molecule has 0 saturated carbocycles. The summed E-state index contributed by atoms with van der Waals surface area (Å²) < 4.78 is 33.1. The summed E-state index contributed by atoms with van der Waals surface area (Å²) in [6.07, 6.45) is 0. The second-order valence-corrected chi connectivity index (χ2v) is 9.07. The number of fused-ring (bicyclic) bond motifs is 2. The van der Waals surface area contributed by atoms with Gasteiger partial charge >= 0.3 is 0 Å². The van der Waals surface area contributed by atoms with E-state index in [0.29, 0.717) is 22.1 Å². The Hall–Kier alpha value is -3.03. The summed E-state index contributed by atoms with van der Waals surface area (Å²) in [7, 11) is -2.45. The van der Waals surface area contributed by atoms with Crippen LogP contribution in [0.2, 0.25) is 5.02 Å². The summed E-state index contributed by atoms with van der Waals surface area (Å²) in [5.74, 6) is 0.352. The van der Waals surface area contributed by atoms with Gasteiger partial charge in [0.15, 0.2) is 5.75 Å². The molecule has 0 unspecified atom stereocenters. The lowest BCUT2D eigenvalue weighted by Gasteiger charge is -2.20. The van der Waals surface area contributed by atoms with Crippen molar-refractivity contribution < 1.29 is 17.9 Å². The van der Waals surface area contributed by atoms with Crippen LogP contribution in [-0.4, -0.2) is 21.4 Å². The molecule has 1 aliphatic rings. The summed E-state index contributed by atoms with van der Waals surface area (Å²) in [4.78, 5) is 12.7. The van der Waals surface area contributed by atoms with E-state index in [9.17, 15) is 13.2 Å². The summed E-state index contributed by atoms with van der Waals surface area (Å²) in [5, 5.41) is 3.29. The summed E-state index contributed by atoms with van der Waals surface area (Å²) in [6.45, 7) is 1.90. The van der Waals surface area contributed by atoms with Crippen LogP contribution in [0.25, 0.3) is 0 Å². The van der Waals surface area contributed by atoms with Crippen molar-refractivity contribution in [3.8, 4) is 11.5 Å². The molecule has 0 spiro atoms. The monoisotopic (exact) mass is 428 g/mol. The van der Waals surface area contributed by atoms with Gasteiger partial charge < -0.3 is 10.1 Å². The van der Waals surface area contributed by atoms with Gasteiger partial charge in [0.1, 0.15) is 5.75 Å². The van der Waals surface area contributed by atoms with Gasteiger partial charge in [0.25, 0.3) is 15.9 Å². The SMILES string of the molecule is Cc1ccc2c(c1)NC(=O)c1cc(S(=O)(=O)N(C)c3ccc(Cl)cc3)ccc1O2. The Morgan fingerprint density at radius 3 is 2.38 bits per heavy atom. The Labute approximate surface area is 173 Å². The van der Waals surface area contributed by atoms with Gasteiger partial charge in [0.2, 0.25) is 0 Å². The molecule has 1 amide bonds. The van der Waals surface area contributed by atoms with Crippen LogP contribution in [0.5, 0.6) is 11.5 Å². The Morgan fingerprint density at radius 2 is 1.66 bits per heavy atom. The van der Waals surface area contributed by atoms with Crippen LogP contribution in [-0.2, 0) is 10.0 Å². The molecule has 8 heteroatoms. The number of halogens is 1. The normalized spacial score (nSPS) is 12.9. The summed E-state index contributed by atoms with van der Waals surface area (Å²) in [5.41, 5.74) is 2.10. The molecular weight excluding hydrogens is 412 g/mol. The third-order valence-corrected chi connectivity index (χ3v) is 6.68. The number of benzene rings is 3. The quantitative estimate of drug-likeness (QED) is 0.648. The van der Waals surface area contributed by atoms with Crippen LogP contribution in [0, 0.1) is 6.92 Å². The Morgan fingerprint density at radius 1 is 0.966 bits per heavy atom. The van der Waals surface area contributed by atoms with E-state index in [1.807, 2.05) is 13.0 Å². The maximum atomic E-state index is 13.1. The molecule has 0 saturated heterocycles. The molecule has 0 radical (unpaired) electrons. The molecule has 0 fully saturated rings. The van der Waals surface area contributed by atoms with Crippen molar-refractivity contribution in [3.05, 3.63) is 76.8 Å². The van der Waals surface area contributed by atoms with Gasteiger partial charge in [-0.2, -0.15) is 0 Å². The highest BCUT2D eigenvalue weighted by atomic mass is 35.5. The maximum Gasteiger partial charge on any atom is 0.264 e. The van der Waals surface area contributed by atoms with Gasteiger partial charge in [-0.05, 0) is 67.1 Å². The highest BCUT2D eigenvalue weighted by molar-refractivity contribution is 7.92. The lowest BCUT2D eigenvalue weighted by molar-refractivity contribution is 0.102. The van der Waals surface area contributed by atoms with Crippen molar-refractivity contribution in [1.82, 2.24) is 0 Å². The minimum atomic E-state index is -3.89. The van der Waals surface area contributed by atoms with Crippen molar-refractivity contribution in [3.63, 3.8) is 0 Å². The molecule has 0 aliphatic carbocycles. The molecule has 29 heavy (non-hydrogen) atoms. The Kier molecular flexibility index (Phi) is 4.72. The standard InChI is InChI=1S/C21H17ClN2O4S/c1-13-3-9-20-18(11-13)23-21(25)17-12-16(8-10-19(17)28-20)29(26,27)24(2)15-6-4-14(22)5-7-15/h3-12H,1-2H3,(H,23,25). The molecule has 6 nitrogen and oxygen atoms in total. The number of rotatable bonds is 3. The first kappa shape index (κ1) is 19.3. The van der Waals surface area contributed by atoms with E-state index in [0.717, 1.165) is 9.87 Å². The zero-order chi connectivity index (χ0) is 20.8. The number of hydrogen-bond donors (Lipinski definition) is 1. The largest absolute Gasteiger partial charge is 0.454 e. The highest BCUT2D eigenvalue weighted by Crippen LogP contribution is 2.37. The fraction of sp³-hybridized carbons (Fsp3) is 0.0952. The fourth-order valence-corrected chi connectivity index (χ4v) is 4.37. The molecular formula is C21H17ClN2O4S. The molecule has 1 N–H and O–H groups in total. The molecule has 0 bridgehead atoms. The third kappa shape index (κ3) is 3.54. The number of hydrogen-bond acceptors (Lipinski definition) is 4. The van der Waals surface area contributed by atoms with E-state index >= 15 is 0 Å². The molecule has 4 rings (SSSR count). The predicted octanol–water partition coefficient (Wildman–Crippen LogP) is 4.83. The molecule has 3 aromatic carbocycles. The van der Waals surface area contributed by atoms with Crippen LogP contribution in [0.15, 0.2) is 65.6 Å². The van der Waals surface area contributed by atoms with Crippen molar-refractivity contribution in [2.45, 2.75) is 11.8 Å². The van der Waals surface area contributed by atoms with Crippen molar-refractivity contribution in [1.29, 1.82) is 0 Å². The minimum Gasteiger partial charge on any atom is -0.454 e. The topological polar surface area (TPSA) is 75.7 Å². The summed E-state index contributed by atoms with van der Waals surface area (Å²) >= 11 is 5.88. The fourth-order valence-electron chi connectivity index (χ4n) is 3.02. The number of amides is 1. The maximum absolute atomic E-state index is 13.1. The number of carbonyl (C=O) groups excluding carboxylic acids is 1. The second kappa shape index (κ2) is 7.09. The van der Waals surface area contributed by atoms with Gasteiger partial charge in [0.05, 0.1) is 21.8 Å². The molecule has 0 aromatic heterocycles. The van der Waals surface area contributed by atoms with Gasteiger partial charge in [-0.15, -0.1) is 0 Å². The molecule has 3 aromatic rings. The first-order chi connectivity index (χ1) is 13.8. The van der Waals surface area contributed by atoms with Crippen LogP contribution in [0.1, 0.15) is 15.9 Å². The van der Waals surface area contributed by atoms with E-state index in [-0.39, 0.29) is 16.2 Å². The van der Waals surface area contributed by atoms with E-state index in [2.05, 4.69) is 5.32 Å². The summed E-state index contributed by atoms with van der Waals surface area (Å²) in [6, 6.07) is 16.1. The molecule has 148 valence electrons. The zero-order valence-electron chi connectivity index (χ0n) is 15.6. The van der Waals surface area contributed by atoms with Crippen LogP contribution < -0.4 is 14.4 Å². The third-order valence-electron chi connectivity index (χ3n) is 4.65. The average molecular weight is 429 g/mol. The van der Waals surface area contributed by atoms with Crippen molar-refractivity contribution in [2.75, 3.05) is 16.7 Å². The number of nitrogens with one attached hydrogen (secondary N) is 1. The van der Waals surface area contributed by atoms with Crippen LogP contribution in [0.3, 0.4) is 0 Å². The minimum absolute atomic E-state index is 0.0189. The number of sulfonamides is 1. The molecule has 0 atom stereocenters. The number of aryl methyl sites for hydroxylation is 1. The van der Waals surface area contributed by atoms with Crippen molar-refractivity contribution in [2.24, 2.45) is 0 Å². The smallest absolute Gasteiger partial charge is 0.264 e. The first-order valence-electron chi connectivity index (χ1n) is 8.74. The van der Waals surface area contributed by atoms with Crippen molar-refractivity contribution >= 4 is 38.9 Å². The lowest BCUT2D eigenvalue weighted by atomic mass is 10.2. The Balaban J connectivity index is 1.73. The number of anilines is 2. The van der Waals surface area contributed by atoms with Gasteiger partial charge in [0, 0.05) is 12.1 Å². The molecule has 1 aliphatic heterocycles. The van der Waals surface area contributed by atoms with E-state index in [4.69, 9.17) is 16.3 Å². The van der Waals surface area contributed by atoms with E-state index < -0.39 is 15.9 Å². The number of ether oxygens (including phenoxy) is 1. The lowest BCUT2D eigenvalue weighted by Crippen LogP contribution is -2.26.